The van der Waals surface area contributed by atoms with Crippen molar-refractivity contribution in [1.29, 1.82) is 0 Å². The lowest BCUT2D eigenvalue weighted by molar-refractivity contribution is -0.146. The van der Waals surface area contributed by atoms with Crippen LogP contribution >= 0.6 is 0 Å². The number of rotatable bonds is 1. The third-order valence-corrected chi connectivity index (χ3v) is 3.09. The first kappa shape index (κ1) is 7.10. The maximum atomic E-state index is 11.2. The molecule has 3 nitrogen and oxygen atoms in total. The van der Waals surface area contributed by atoms with Crippen LogP contribution in [-0.2, 0) is 9.53 Å². The van der Waals surface area contributed by atoms with Crippen molar-refractivity contribution >= 4 is 5.97 Å². The van der Waals surface area contributed by atoms with Crippen molar-refractivity contribution in [3.8, 4) is 0 Å². The second-order valence-corrected chi connectivity index (χ2v) is 3.82. The Labute approximate surface area is 65.9 Å². The van der Waals surface area contributed by atoms with Gasteiger partial charge in [-0.1, -0.05) is 0 Å². The van der Waals surface area contributed by atoms with Gasteiger partial charge in [0.05, 0.1) is 13.0 Å². The highest BCUT2D eigenvalue weighted by molar-refractivity contribution is 5.75. The van der Waals surface area contributed by atoms with Gasteiger partial charge in [0, 0.05) is 5.54 Å². The van der Waals surface area contributed by atoms with Crippen molar-refractivity contribution in [1.82, 2.24) is 0 Å². The molecule has 0 aromatic carbocycles. The van der Waals surface area contributed by atoms with E-state index in [9.17, 15) is 4.79 Å². The molecular formula is C8H13NO2. The van der Waals surface area contributed by atoms with Crippen molar-refractivity contribution in [2.75, 3.05) is 7.11 Å². The predicted molar refractivity (Wildman–Crippen MR) is 39.8 cm³/mol. The molecule has 3 saturated carbocycles. The zero-order valence-corrected chi connectivity index (χ0v) is 6.67. The van der Waals surface area contributed by atoms with Crippen molar-refractivity contribution in [3.05, 3.63) is 0 Å². The van der Waals surface area contributed by atoms with Crippen molar-refractivity contribution < 1.29 is 9.53 Å². The van der Waals surface area contributed by atoms with Gasteiger partial charge in [-0.15, -0.1) is 0 Å². The zero-order valence-electron chi connectivity index (χ0n) is 6.67. The predicted octanol–water partition coefficient (Wildman–Crippen LogP) is 0.287. The quantitative estimate of drug-likeness (QED) is 0.553. The molecule has 2 N–H and O–H groups in total. The molecule has 3 fully saturated rings. The van der Waals surface area contributed by atoms with Crippen molar-refractivity contribution in [3.63, 3.8) is 0 Å². The van der Waals surface area contributed by atoms with E-state index in [1.807, 2.05) is 0 Å². The van der Waals surface area contributed by atoms with Crippen LogP contribution in [0.2, 0.25) is 0 Å². The fourth-order valence-corrected chi connectivity index (χ4v) is 2.51. The summed E-state index contributed by atoms with van der Waals surface area (Å²) in [7, 11) is 1.43. The van der Waals surface area contributed by atoms with Crippen molar-refractivity contribution in [2.45, 2.75) is 24.8 Å². The topological polar surface area (TPSA) is 52.3 Å². The van der Waals surface area contributed by atoms with E-state index in [1.54, 1.807) is 0 Å². The first-order valence-corrected chi connectivity index (χ1v) is 4.02. The third kappa shape index (κ3) is 0.805. The summed E-state index contributed by atoms with van der Waals surface area (Å²) in [6.45, 7) is 0. The number of fused-ring (bicyclic) bond motifs is 1. The fourth-order valence-electron chi connectivity index (χ4n) is 2.51. The minimum absolute atomic E-state index is 0.0162. The molecular weight excluding hydrogens is 142 g/mol. The maximum Gasteiger partial charge on any atom is 0.310 e. The van der Waals surface area contributed by atoms with Crippen LogP contribution < -0.4 is 5.73 Å². The minimum atomic E-state index is -0.197. The fraction of sp³-hybridized carbons (Fsp3) is 0.875. The highest BCUT2D eigenvalue weighted by Crippen LogP contribution is 2.54. The molecule has 3 aliphatic carbocycles. The summed E-state index contributed by atoms with van der Waals surface area (Å²) in [6.07, 6.45) is 2.99. The van der Waals surface area contributed by atoms with Gasteiger partial charge in [0.15, 0.2) is 0 Å². The maximum absolute atomic E-state index is 11.2. The smallest absolute Gasteiger partial charge is 0.310 e. The number of esters is 1. The van der Waals surface area contributed by atoms with E-state index in [2.05, 4.69) is 4.74 Å². The Bertz CT molecular complexity index is 196. The van der Waals surface area contributed by atoms with Gasteiger partial charge >= 0.3 is 5.97 Å². The summed E-state index contributed by atoms with van der Waals surface area (Å²) >= 11 is 0. The Balaban J connectivity index is 2.11. The summed E-state index contributed by atoms with van der Waals surface area (Å²) in [4.78, 5) is 11.2. The van der Waals surface area contributed by atoms with Crippen LogP contribution in [0.1, 0.15) is 19.3 Å². The first-order chi connectivity index (χ1) is 5.15. The summed E-state index contributed by atoms with van der Waals surface area (Å²) in [6, 6.07) is 0. The van der Waals surface area contributed by atoms with Gasteiger partial charge in [-0.05, 0) is 25.2 Å². The summed E-state index contributed by atoms with van der Waals surface area (Å²) in [5.74, 6) is 0.564. The molecule has 3 heteroatoms. The lowest BCUT2D eigenvalue weighted by Crippen LogP contribution is -2.50. The largest absolute Gasteiger partial charge is 0.469 e. The van der Waals surface area contributed by atoms with Gasteiger partial charge in [0.1, 0.15) is 0 Å². The van der Waals surface area contributed by atoms with Crippen LogP contribution in [0.4, 0.5) is 0 Å². The van der Waals surface area contributed by atoms with E-state index in [1.165, 1.54) is 7.11 Å². The van der Waals surface area contributed by atoms with Crippen LogP contribution in [0.5, 0.6) is 0 Å². The Morgan fingerprint density at radius 1 is 1.64 bits per heavy atom. The molecule has 3 aliphatic rings. The molecule has 0 amide bonds. The van der Waals surface area contributed by atoms with Gasteiger partial charge in [-0.25, -0.2) is 0 Å². The van der Waals surface area contributed by atoms with E-state index in [0.717, 1.165) is 19.3 Å². The van der Waals surface area contributed by atoms with Crippen LogP contribution in [0, 0.1) is 11.8 Å². The van der Waals surface area contributed by atoms with E-state index in [-0.39, 0.29) is 17.4 Å². The average Bonchev–Trinajstić information content (AvgIpc) is 2.38. The molecule has 2 bridgehead atoms. The summed E-state index contributed by atoms with van der Waals surface area (Å²) in [5, 5.41) is 0. The summed E-state index contributed by atoms with van der Waals surface area (Å²) in [5.41, 5.74) is 5.77. The second kappa shape index (κ2) is 1.97. The summed E-state index contributed by atoms with van der Waals surface area (Å²) < 4.78 is 4.68. The number of carbonyl (C=O) groups excluding carboxylic acids is 1. The van der Waals surface area contributed by atoms with Crippen LogP contribution in [0.25, 0.3) is 0 Å². The number of carbonyl (C=O) groups is 1. The van der Waals surface area contributed by atoms with Gasteiger partial charge in [-0.2, -0.15) is 0 Å². The van der Waals surface area contributed by atoms with E-state index >= 15 is 0 Å². The Morgan fingerprint density at radius 2 is 2.27 bits per heavy atom. The molecule has 0 spiro atoms. The average molecular weight is 155 g/mol. The van der Waals surface area contributed by atoms with Crippen LogP contribution in [0.3, 0.4) is 0 Å². The Morgan fingerprint density at radius 3 is 2.64 bits per heavy atom. The molecule has 3 rings (SSSR count). The van der Waals surface area contributed by atoms with Gasteiger partial charge in [0.2, 0.25) is 0 Å². The molecule has 62 valence electrons. The van der Waals surface area contributed by atoms with Gasteiger partial charge < -0.3 is 10.5 Å². The number of ether oxygens (including phenoxy) is 1. The molecule has 0 aromatic heterocycles. The van der Waals surface area contributed by atoms with Crippen molar-refractivity contribution in [2.24, 2.45) is 17.6 Å². The highest BCUT2D eigenvalue weighted by Gasteiger charge is 2.57. The molecule has 0 aliphatic heterocycles. The van der Waals surface area contributed by atoms with Gasteiger partial charge in [0.25, 0.3) is 0 Å². The first-order valence-electron chi connectivity index (χ1n) is 4.02. The molecule has 1 atom stereocenters. The lowest BCUT2D eigenvalue weighted by Gasteiger charge is -2.36. The number of hydrogen-bond acceptors (Lipinski definition) is 3. The highest BCUT2D eigenvalue weighted by atomic mass is 16.5. The Hall–Kier alpha value is -0.570. The number of methoxy groups -OCH3 is 1. The molecule has 0 heterocycles. The number of hydrogen-bond donors (Lipinski definition) is 1. The molecule has 0 aromatic rings. The van der Waals surface area contributed by atoms with Gasteiger partial charge in [-0.3, -0.25) is 4.79 Å². The monoisotopic (exact) mass is 155 g/mol. The third-order valence-electron chi connectivity index (χ3n) is 3.09. The Kier molecular flexibility index (Phi) is 1.27. The lowest BCUT2D eigenvalue weighted by atomic mass is 9.75. The van der Waals surface area contributed by atoms with E-state index in [0.29, 0.717) is 5.92 Å². The molecule has 0 saturated heterocycles. The van der Waals surface area contributed by atoms with Crippen LogP contribution in [0.15, 0.2) is 0 Å². The van der Waals surface area contributed by atoms with E-state index < -0.39 is 0 Å². The zero-order chi connectivity index (χ0) is 8.06. The SMILES string of the molecule is COC(=O)C1CC2CC1(N)C2. The number of nitrogens with two attached hydrogens (primary N) is 1. The van der Waals surface area contributed by atoms with Crippen LogP contribution in [-0.4, -0.2) is 18.6 Å². The molecule has 0 radical (unpaired) electrons. The standard InChI is InChI=1S/C8H13NO2/c1-11-7(10)6-2-5-3-8(6,9)4-5/h5-6H,2-4,9H2,1H3. The minimum Gasteiger partial charge on any atom is -0.469 e. The van der Waals surface area contributed by atoms with E-state index in [4.69, 9.17) is 5.73 Å². The molecule has 11 heavy (non-hydrogen) atoms. The normalized spacial score (nSPS) is 46.7. The second-order valence-electron chi connectivity index (χ2n) is 3.82. The molecule has 1 unspecified atom stereocenters.